The van der Waals surface area contributed by atoms with Crippen LogP contribution in [0.1, 0.15) is 25.0 Å². The van der Waals surface area contributed by atoms with Crippen LogP contribution >= 0.6 is 0 Å². The highest BCUT2D eigenvalue weighted by atomic mass is 16.5. The molecule has 0 radical (unpaired) electrons. The highest BCUT2D eigenvalue weighted by molar-refractivity contribution is 5.75. The van der Waals surface area contributed by atoms with E-state index in [4.69, 9.17) is 10.5 Å². The van der Waals surface area contributed by atoms with Crippen LogP contribution in [0.25, 0.3) is 0 Å². The van der Waals surface area contributed by atoms with Gasteiger partial charge in [0, 0.05) is 33.2 Å². The van der Waals surface area contributed by atoms with E-state index >= 15 is 0 Å². The van der Waals surface area contributed by atoms with Crippen LogP contribution in [0.4, 0.5) is 0 Å². The molecule has 0 aliphatic rings. The summed E-state index contributed by atoms with van der Waals surface area (Å²) in [6.45, 7) is 2.26. The van der Waals surface area contributed by atoms with Gasteiger partial charge in [-0.2, -0.15) is 0 Å². The summed E-state index contributed by atoms with van der Waals surface area (Å²) in [7, 11) is 1.62. The lowest BCUT2D eigenvalue weighted by Gasteiger charge is -2.03. The van der Waals surface area contributed by atoms with Gasteiger partial charge in [0.25, 0.3) is 0 Å². The zero-order valence-corrected chi connectivity index (χ0v) is 10.8. The van der Waals surface area contributed by atoms with Gasteiger partial charge in [-0.3, -0.25) is 9.48 Å². The van der Waals surface area contributed by atoms with E-state index in [-0.39, 0.29) is 5.91 Å². The number of nitrogens with two attached hydrogens (primary N) is 1. The number of aryl methyl sites for hydroxylation is 1. The van der Waals surface area contributed by atoms with E-state index in [0.29, 0.717) is 26.1 Å². The van der Waals surface area contributed by atoms with Crippen LogP contribution < -0.4 is 11.1 Å². The van der Waals surface area contributed by atoms with Crippen LogP contribution in [0.3, 0.4) is 0 Å². The van der Waals surface area contributed by atoms with Gasteiger partial charge < -0.3 is 15.8 Å². The third-order valence-corrected chi connectivity index (χ3v) is 2.39. The molecule has 0 aliphatic carbocycles. The molecular formula is C11H21N5O2. The van der Waals surface area contributed by atoms with Crippen molar-refractivity contribution in [2.24, 2.45) is 5.73 Å². The number of amides is 1. The third kappa shape index (κ3) is 5.74. The molecule has 0 spiro atoms. The highest BCUT2D eigenvalue weighted by Crippen LogP contribution is 2.00. The van der Waals surface area contributed by atoms with Crippen molar-refractivity contribution in [2.45, 2.75) is 32.4 Å². The van der Waals surface area contributed by atoms with Gasteiger partial charge in [-0.15, -0.1) is 5.10 Å². The van der Waals surface area contributed by atoms with E-state index in [2.05, 4.69) is 15.6 Å². The zero-order chi connectivity index (χ0) is 13.2. The van der Waals surface area contributed by atoms with Crippen molar-refractivity contribution in [1.29, 1.82) is 0 Å². The molecule has 0 aliphatic heterocycles. The zero-order valence-electron chi connectivity index (χ0n) is 10.8. The molecule has 1 aromatic rings. The number of rotatable bonds is 9. The molecule has 3 N–H and O–H groups in total. The minimum atomic E-state index is 0.0547. The van der Waals surface area contributed by atoms with Crippen LogP contribution in [0, 0.1) is 0 Å². The van der Waals surface area contributed by atoms with Gasteiger partial charge in [-0.05, 0) is 12.8 Å². The fourth-order valence-corrected chi connectivity index (χ4v) is 1.52. The Balaban J connectivity index is 2.11. The molecule has 0 saturated heterocycles. The number of unbranched alkanes of at least 4 members (excludes halogenated alkanes) is 1. The molecule has 0 unspecified atom stereocenters. The van der Waals surface area contributed by atoms with Crippen molar-refractivity contribution in [3.8, 4) is 0 Å². The van der Waals surface area contributed by atoms with Crippen LogP contribution in [0.2, 0.25) is 0 Å². The summed E-state index contributed by atoms with van der Waals surface area (Å²) >= 11 is 0. The van der Waals surface area contributed by atoms with Crippen molar-refractivity contribution in [2.75, 3.05) is 20.2 Å². The van der Waals surface area contributed by atoms with Crippen molar-refractivity contribution < 1.29 is 9.53 Å². The summed E-state index contributed by atoms with van der Waals surface area (Å²) in [5.74, 6) is 0.0547. The summed E-state index contributed by atoms with van der Waals surface area (Å²) in [6.07, 6.45) is 4.11. The smallest absolute Gasteiger partial charge is 0.220 e. The van der Waals surface area contributed by atoms with Crippen LogP contribution in [0.15, 0.2) is 6.20 Å². The first-order valence-electron chi connectivity index (χ1n) is 6.11. The number of carbonyl (C=O) groups is 1. The van der Waals surface area contributed by atoms with Crippen molar-refractivity contribution in [3.05, 3.63) is 11.9 Å². The van der Waals surface area contributed by atoms with Crippen LogP contribution in [-0.4, -0.2) is 41.1 Å². The minimum Gasteiger partial charge on any atom is -0.378 e. The summed E-state index contributed by atoms with van der Waals surface area (Å²) in [4.78, 5) is 11.3. The standard InChI is InChI=1S/C11H21N5O2/c1-18-9-10-8-16(15-14-10)7-3-2-4-11(17)13-6-5-12/h8H,2-7,9,12H2,1H3,(H,13,17). The molecule has 1 heterocycles. The summed E-state index contributed by atoms with van der Waals surface area (Å²) in [5.41, 5.74) is 6.11. The Morgan fingerprint density at radius 3 is 3.11 bits per heavy atom. The van der Waals surface area contributed by atoms with E-state index in [0.717, 1.165) is 25.1 Å². The number of methoxy groups -OCH3 is 1. The van der Waals surface area contributed by atoms with E-state index < -0.39 is 0 Å². The predicted octanol–water partition coefficient (Wildman–Crippen LogP) is -0.330. The quantitative estimate of drug-likeness (QED) is 0.589. The first kappa shape index (κ1) is 14.6. The Hall–Kier alpha value is -1.47. The van der Waals surface area contributed by atoms with Gasteiger partial charge in [0.1, 0.15) is 5.69 Å². The topological polar surface area (TPSA) is 95.1 Å². The SMILES string of the molecule is COCc1cn(CCCCC(=O)NCCN)nn1. The monoisotopic (exact) mass is 255 g/mol. The number of ether oxygens (including phenoxy) is 1. The summed E-state index contributed by atoms with van der Waals surface area (Å²) < 4.78 is 6.73. The van der Waals surface area contributed by atoms with Crippen molar-refractivity contribution >= 4 is 5.91 Å². The molecular weight excluding hydrogens is 234 g/mol. The molecule has 0 atom stereocenters. The molecule has 0 aromatic carbocycles. The lowest BCUT2D eigenvalue weighted by Crippen LogP contribution is -2.28. The van der Waals surface area contributed by atoms with E-state index in [1.165, 1.54) is 0 Å². The van der Waals surface area contributed by atoms with Crippen LogP contribution in [-0.2, 0) is 22.7 Å². The number of aromatic nitrogens is 3. The molecule has 7 heteroatoms. The van der Waals surface area contributed by atoms with E-state index in [9.17, 15) is 4.79 Å². The van der Waals surface area contributed by atoms with Gasteiger partial charge in [0.2, 0.25) is 5.91 Å². The average molecular weight is 255 g/mol. The molecule has 0 fully saturated rings. The molecule has 7 nitrogen and oxygen atoms in total. The third-order valence-electron chi connectivity index (χ3n) is 2.39. The Kier molecular flexibility index (Phi) is 6.97. The molecule has 0 saturated carbocycles. The second-order valence-electron chi connectivity index (χ2n) is 4.00. The van der Waals surface area contributed by atoms with Gasteiger partial charge in [0.15, 0.2) is 0 Å². The summed E-state index contributed by atoms with van der Waals surface area (Å²) in [5, 5.41) is 10.7. The van der Waals surface area contributed by atoms with Gasteiger partial charge in [-0.25, -0.2) is 0 Å². The predicted molar refractivity (Wildman–Crippen MR) is 66.7 cm³/mol. The Morgan fingerprint density at radius 1 is 1.56 bits per heavy atom. The molecule has 1 amide bonds. The molecule has 102 valence electrons. The second-order valence-corrected chi connectivity index (χ2v) is 4.00. The number of nitrogens with zero attached hydrogens (tertiary/aromatic N) is 3. The molecule has 0 bridgehead atoms. The lowest BCUT2D eigenvalue weighted by atomic mass is 10.2. The van der Waals surface area contributed by atoms with Crippen molar-refractivity contribution in [1.82, 2.24) is 20.3 Å². The van der Waals surface area contributed by atoms with E-state index in [1.807, 2.05) is 6.20 Å². The van der Waals surface area contributed by atoms with Gasteiger partial charge in [0.05, 0.1) is 12.8 Å². The maximum absolute atomic E-state index is 11.3. The van der Waals surface area contributed by atoms with E-state index in [1.54, 1.807) is 11.8 Å². The van der Waals surface area contributed by atoms with Gasteiger partial charge in [-0.1, -0.05) is 5.21 Å². The number of hydrogen-bond acceptors (Lipinski definition) is 5. The Bertz CT molecular complexity index is 353. The van der Waals surface area contributed by atoms with Gasteiger partial charge >= 0.3 is 0 Å². The lowest BCUT2D eigenvalue weighted by molar-refractivity contribution is -0.121. The number of carbonyl (C=O) groups excluding carboxylic acids is 1. The normalized spacial score (nSPS) is 10.6. The second kappa shape index (κ2) is 8.60. The fourth-order valence-electron chi connectivity index (χ4n) is 1.52. The first-order chi connectivity index (χ1) is 8.76. The maximum atomic E-state index is 11.3. The van der Waals surface area contributed by atoms with Crippen molar-refractivity contribution in [3.63, 3.8) is 0 Å². The largest absolute Gasteiger partial charge is 0.378 e. The maximum Gasteiger partial charge on any atom is 0.220 e. The number of nitrogens with one attached hydrogen (secondary N) is 1. The molecule has 1 aromatic heterocycles. The number of hydrogen-bond donors (Lipinski definition) is 2. The summed E-state index contributed by atoms with van der Waals surface area (Å²) in [6, 6.07) is 0. The Labute approximate surface area is 107 Å². The first-order valence-corrected chi connectivity index (χ1v) is 6.11. The highest BCUT2D eigenvalue weighted by Gasteiger charge is 2.02. The van der Waals surface area contributed by atoms with Crippen LogP contribution in [0.5, 0.6) is 0 Å². The average Bonchev–Trinajstić information content (AvgIpc) is 2.80. The molecule has 1 rings (SSSR count). The molecule has 18 heavy (non-hydrogen) atoms. The minimum absolute atomic E-state index is 0.0547. The fraction of sp³-hybridized carbons (Fsp3) is 0.727. The Morgan fingerprint density at radius 2 is 2.39 bits per heavy atom.